The molecule has 8 heteroatoms. The van der Waals surface area contributed by atoms with Gasteiger partial charge < -0.3 is 18.9 Å². The van der Waals surface area contributed by atoms with Crippen molar-refractivity contribution >= 4 is 39.7 Å². The number of halogens is 1. The Labute approximate surface area is 214 Å². The summed E-state index contributed by atoms with van der Waals surface area (Å²) in [6, 6.07) is 16.5. The maximum absolute atomic E-state index is 13.7. The zero-order chi connectivity index (χ0) is 23.8. The Morgan fingerprint density at radius 2 is 1.83 bits per heavy atom. The molecular formula is C27H29ClN4O2S. The highest BCUT2D eigenvalue weighted by Crippen LogP contribution is 2.32. The molecule has 0 radical (unpaired) electrons. The standard InChI is InChI=1S/C27H29ClN4O2S/c28-26-9-8-25(35-26)24-17-20(29-34-24)18-32-22-7-3-2-6-19(22)16-23(32)27(33)31-14-10-21(11-15-31)30-12-4-1-5-13-30/h2-3,6-9,16-17,21H,1,4-5,10-15,18H2. The van der Waals surface area contributed by atoms with Gasteiger partial charge in [0.05, 0.1) is 15.8 Å². The largest absolute Gasteiger partial charge is 0.355 e. The first-order chi connectivity index (χ1) is 17.2. The minimum absolute atomic E-state index is 0.104. The van der Waals surface area contributed by atoms with Crippen molar-refractivity contribution in [3.8, 4) is 10.6 Å². The van der Waals surface area contributed by atoms with Crippen molar-refractivity contribution in [1.82, 2.24) is 19.5 Å². The van der Waals surface area contributed by atoms with Gasteiger partial charge in [0, 0.05) is 36.1 Å². The van der Waals surface area contributed by atoms with E-state index in [4.69, 9.17) is 16.1 Å². The fraction of sp³-hybridized carbons (Fsp3) is 0.407. The maximum atomic E-state index is 13.7. The van der Waals surface area contributed by atoms with E-state index in [1.165, 1.54) is 43.7 Å². The molecule has 6 nitrogen and oxygen atoms in total. The van der Waals surface area contributed by atoms with Crippen molar-refractivity contribution in [2.45, 2.75) is 44.7 Å². The quantitative estimate of drug-likeness (QED) is 0.324. The van der Waals surface area contributed by atoms with E-state index in [2.05, 4.69) is 26.8 Å². The van der Waals surface area contributed by atoms with Gasteiger partial charge in [-0.05, 0) is 63.0 Å². The van der Waals surface area contributed by atoms with E-state index in [1.54, 1.807) is 0 Å². The van der Waals surface area contributed by atoms with Crippen LogP contribution in [0, 0.1) is 0 Å². The molecule has 6 rings (SSSR count). The number of fused-ring (bicyclic) bond motifs is 1. The van der Waals surface area contributed by atoms with Crippen LogP contribution in [0.1, 0.15) is 48.3 Å². The number of aromatic nitrogens is 2. The van der Waals surface area contributed by atoms with Gasteiger partial charge in [0.2, 0.25) is 0 Å². The monoisotopic (exact) mass is 508 g/mol. The zero-order valence-electron chi connectivity index (χ0n) is 19.7. The van der Waals surface area contributed by atoms with Crippen LogP contribution in [0.5, 0.6) is 0 Å². The molecule has 0 N–H and O–H groups in total. The number of nitrogens with zero attached hydrogens (tertiary/aromatic N) is 4. The summed E-state index contributed by atoms with van der Waals surface area (Å²) in [5.74, 6) is 0.799. The van der Waals surface area contributed by atoms with Crippen molar-refractivity contribution in [2.75, 3.05) is 26.2 Å². The summed E-state index contributed by atoms with van der Waals surface area (Å²) >= 11 is 7.55. The molecule has 2 saturated heterocycles. The highest BCUT2D eigenvalue weighted by atomic mass is 35.5. The Morgan fingerprint density at radius 3 is 2.60 bits per heavy atom. The summed E-state index contributed by atoms with van der Waals surface area (Å²) < 4.78 is 8.39. The van der Waals surface area contributed by atoms with Crippen LogP contribution in [0.3, 0.4) is 0 Å². The van der Waals surface area contributed by atoms with Gasteiger partial charge in [-0.2, -0.15) is 0 Å². The number of likely N-dealkylation sites (tertiary alicyclic amines) is 2. The smallest absolute Gasteiger partial charge is 0.270 e. The first-order valence-corrected chi connectivity index (χ1v) is 13.7. The van der Waals surface area contributed by atoms with E-state index in [9.17, 15) is 4.79 Å². The SMILES string of the molecule is O=C(c1cc2ccccc2n1Cc1cc(-c2ccc(Cl)s2)on1)N1CCC(N2CCCCC2)CC1. The number of hydrogen-bond acceptors (Lipinski definition) is 5. The van der Waals surface area contributed by atoms with Crippen LogP contribution in [0.4, 0.5) is 0 Å². The van der Waals surface area contributed by atoms with Gasteiger partial charge in [-0.15, -0.1) is 11.3 Å². The molecule has 182 valence electrons. The highest BCUT2D eigenvalue weighted by molar-refractivity contribution is 7.19. The molecule has 1 aromatic carbocycles. The van der Waals surface area contributed by atoms with Crippen LogP contribution in [0.15, 0.2) is 53.1 Å². The number of rotatable bonds is 5. The van der Waals surface area contributed by atoms with E-state index >= 15 is 0 Å². The number of para-hydroxylation sites is 1. The minimum atomic E-state index is 0.104. The van der Waals surface area contributed by atoms with Gasteiger partial charge in [0.25, 0.3) is 5.91 Å². The molecule has 2 fully saturated rings. The molecule has 0 aliphatic carbocycles. The molecule has 1 amide bonds. The average Bonchev–Trinajstić information content (AvgIpc) is 3.64. The lowest BCUT2D eigenvalue weighted by atomic mass is 9.99. The van der Waals surface area contributed by atoms with Crippen LogP contribution in [-0.2, 0) is 6.54 Å². The third-order valence-electron chi connectivity index (χ3n) is 7.38. The third-order valence-corrected chi connectivity index (χ3v) is 8.63. The van der Waals surface area contributed by atoms with E-state index in [1.807, 2.05) is 41.3 Å². The van der Waals surface area contributed by atoms with Crippen molar-refractivity contribution in [2.24, 2.45) is 0 Å². The molecule has 4 aromatic rings. The topological polar surface area (TPSA) is 54.5 Å². The number of carbonyl (C=O) groups excluding carboxylic acids is 1. The molecule has 0 saturated carbocycles. The lowest BCUT2D eigenvalue weighted by Gasteiger charge is -2.40. The van der Waals surface area contributed by atoms with Crippen LogP contribution in [0.2, 0.25) is 4.34 Å². The number of benzene rings is 1. The normalized spacial score (nSPS) is 17.9. The van der Waals surface area contributed by atoms with Crippen LogP contribution in [0.25, 0.3) is 21.5 Å². The lowest BCUT2D eigenvalue weighted by molar-refractivity contribution is 0.0581. The molecule has 0 spiro atoms. The predicted octanol–water partition coefficient (Wildman–Crippen LogP) is 6.15. The Hall–Kier alpha value is -2.61. The van der Waals surface area contributed by atoms with Gasteiger partial charge in [-0.3, -0.25) is 4.79 Å². The number of amides is 1. The highest BCUT2D eigenvalue weighted by Gasteiger charge is 2.29. The minimum Gasteiger partial charge on any atom is -0.355 e. The first kappa shape index (κ1) is 22.8. The number of carbonyl (C=O) groups is 1. The summed E-state index contributed by atoms with van der Waals surface area (Å²) in [6.45, 7) is 4.53. The van der Waals surface area contributed by atoms with Crippen molar-refractivity contribution < 1.29 is 9.32 Å². The van der Waals surface area contributed by atoms with Crippen LogP contribution in [-0.4, -0.2) is 57.7 Å². The summed E-state index contributed by atoms with van der Waals surface area (Å²) in [5.41, 5.74) is 2.53. The van der Waals surface area contributed by atoms with Gasteiger partial charge in [0.1, 0.15) is 11.4 Å². The van der Waals surface area contributed by atoms with Crippen LogP contribution >= 0.6 is 22.9 Å². The third kappa shape index (κ3) is 4.65. The van der Waals surface area contributed by atoms with E-state index in [0.717, 1.165) is 47.4 Å². The van der Waals surface area contributed by atoms with Gasteiger partial charge in [0.15, 0.2) is 5.76 Å². The average molecular weight is 509 g/mol. The predicted molar refractivity (Wildman–Crippen MR) is 140 cm³/mol. The number of piperidine rings is 2. The maximum Gasteiger partial charge on any atom is 0.270 e. The molecule has 3 aromatic heterocycles. The van der Waals surface area contributed by atoms with Gasteiger partial charge >= 0.3 is 0 Å². The van der Waals surface area contributed by atoms with E-state index in [-0.39, 0.29) is 5.91 Å². The molecule has 0 bridgehead atoms. The Morgan fingerprint density at radius 1 is 1.03 bits per heavy atom. The first-order valence-electron chi connectivity index (χ1n) is 12.5. The molecule has 0 atom stereocenters. The molecule has 5 heterocycles. The van der Waals surface area contributed by atoms with Crippen LogP contribution < -0.4 is 0 Å². The second-order valence-electron chi connectivity index (χ2n) is 9.58. The van der Waals surface area contributed by atoms with E-state index < -0.39 is 0 Å². The van der Waals surface area contributed by atoms with Crippen molar-refractivity contribution in [1.29, 1.82) is 0 Å². The summed E-state index contributed by atoms with van der Waals surface area (Å²) in [4.78, 5) is 19.3. The fourth-order valence-electron chi connectivity index (χ4n) is 5.55. The molecule has 0 unspecified atom stereocenters. The van der Waals surface area contributed by atoms with Gasteiger partial charge in [-0.25, -0.2) is 0 Å². The molecule has 2 aliphatic rings. The Balaban J connectivity index is 1.23. The number of thiophene rings is 1. The number of hydrogen-bond donors (Lipinski definition) is 0. The molecule has 2 aliphatic heterocycles. The van der Waals surface area contributed by atoms with E-state index in [0.29, 0.717) is 28.4 Å². The summed E-state index contributed by atoms with van der Waals surface area (Å²) in [6.07, 6.45) is 6.08. The summed E-state index contributed by atoms with van der Waals surface area (Å²) in [5, 5.41) is 5.36. The second kappa shape index (κ2) is 9.80. The summed E-state index contributed by atoms with van der Waals surface area (Å²) in [7, 11) is 0. The molecular weight excluding hydrogens is 480 g/mol. The fourth-order valence-corrected chi connectivity index (χ4v) is 6.54. The van der Waals surface area contributed by atoms with Gasteiger partial charge in [-0.1, -0.05) is 41.4 Å². The zero-order valence-corrected chi connectivity index (χ0v) is 21.2. The Kier molecular flexibility index (Phi) is 6.39. The van der Waals surface area contributed by atoms with Crippen molar-refractivity contribution in [3.63, 3.8) is 0 Å². The van der Waals surface area contributed by atoms with Crippen molar-refractivity contribution in [3.05, 3.63) is 64.3 Å². The second-order valence-corrected chi connectivity index (χ2v) is 11.3. The lowest BCUT2D eigenvalue weighted by Crippen LogP contribution is -2.48. The Bertz CT molecular complexity index is 1330. The molecule has 35 heavy (non-hydrogen) atoms.